The van der Waals surface area contributed by atoms with Crippen LogP contribution in [0.1, 0.15) is 12.7 Å². The first-order valence-corrected chi connectivity index (χ1v) is 9.46. The molecule has 0 saturated carbocycles. The Kier molecular flexibility index (Phi) is 5.31. The number of rotatable bonds is 5. The zero-order valence-electron chi connectivity index (χ0n) is 17.1. The molecule has 1 unspecified atom stereocenters. The van der Waals surface area contributed by atoms with Gasteiger partial charge < -0.3 is 10.1 Å². The van der Waals surface area contributed by atoms with Gasteiger partial charge in [-0.25, -0.2) is 10.0 Å². The predicted octanol–water partition coefficient (Wildman–Crippen LogP) is 1.26. The van der Waals surface area contributed by atoms with Gasteiger partial charge >= 0.3 is 0 Å². The largest absolute Gasteiger partial charge is 0.494 e. The Morgan fingerprint density at radius 2 is 1.97 bits per heavy atom. The molecule has 11 nitrogen and oxygen atoms in total. The van der Waals surface area contributed by atoms with Crippen molar-refractivity contribution in [3.05, 3.63) is 54.4 Å². The highest BCUT2D eigenvalue weighted by Crippen LogP contribution is 2.26. The topological polar surface area (TPSA) is 127 Å². The Bertz CT molecular complexity index is 1160. The number of nitrogens with one attached hydrogen (secondary N) is 2. The molecule has 31 heavy (non-hydrogen) atoms. The van der Waals surface area contributed by atoms with Crippen molar-refractivity contribution in [1.29, 1.82) is 0 Å². The molecule has 0 aliphatic carbocycles. The number of tetrazole rings is 1. The van der Waals surface area contributed by atoms with Crippen molar-refractivity contribution in [2.24, 2.45) is 4.99 Å². The second-order valence-electron chi connectivity index (χ2n) is 6.75. The highest BCUT2D eigenvalue weighted by atomic mass is 16.5. The van der Waals surface area contributed by atoms with Crippen molar-refractivity contribution in [1.82, 2.24) is 25.6 Å². The number of nitrogens with zero attached hydrogens (tertiary/aromatic N) is 6. The minimum atomic E-state index is -0.711. The summed E-state index contributed by atoms with van der Waals surface area (Å²) in [6.07, 6.45) is 0. The van der Waals surface area contributed by atoms with Crippen LogP contribution in [0.15, 0.2) is 53.5 Å². The second kappa shape index (κ2) is 8.22. The number of amidine groups is 1. The maximum atomic E-state index is 12.9. The molecule has 0 radical (unpaired) electrons. The maximum Gasteiger partial charge on any atom is 0.292 e. The van der Waals surface area contributed by atoms with E-state index in [1.165, 1.54) is 16.8 Å². The third-order valence-corrected chi connectivity index (χ3v) is 4.64. The summed E-state index contributed by atoms with van der Waals surface area (Å²) in [5.41, 5.74) is 4.46. The van der Waals surface area contributed by atoms with Gasteiger partial charge in [0.15, 0.2) is 5.82 Å². The molecule has 2 heterocycles. The fourth-order valence-corrected chi connectivity index (χ4v) is 3.08. The Morgan fingerprint density at radius 3 is 2.65 bits per heavy atom. The van der Waals surface area contributed by atoms with E-state index in [0.717, 1.165) is 0 Å². The van der Waals surface area contributed by atoms with Gasteiger partial charge in [-0.3, -0.25) is 15.0 Å². The number of hydrogen-bond acceptors (Lipinski definition) is 8. The summed E-state index contributed by atoms with van der Waals surface area (Å²) in [6, 6.07) is 13.4. The van der Waals surface area contributed by atoms with E-state index in [-0.39, 0.29) is 11.7 Å². The van der Waals surface area contributed by atoms with E-state index in [1.807, 2.05) is 6.07 Å². The van der Waals surface area contributed by atoms with E-state index in [2.05, 4.69) is 31.3 Å². The van der Waals surface area contributed by atoms with Crippen molar-refractivity contribution in [3.63, 3.8) is 0 Å². The van der Waals surface area contributed by atoms with Crippen LogP contribution in [0.3, 0.4) is 0 Å². The SMILES string of the molecule is COc1ccc(NC(=O)C2=NC(C)C(=O)N(c3ccccc3)N2)cc1-n1nnnc1C. The van der Waals surface area contributed by atoms with Crippen molar-refractivity contribution < 1.29 is 14.3 Å². The lowest BCUT2D eigenvalue weighted by atomic mass is 10.2. The predicted molar refractivity (Wildman–Crippen MR) is 113 cm³/mol. The van der Waals surface area contributed by atoms with Gasteiger partial charge in [-0.05, 0) is 54.6 Å². The van der Waals surface area contributed by atoms with Crippen molar-refractivity contribution in [2.75, 3.05) is 17.4 Å². The van der Waals surface area contributed by atoms with Gasteiger partial charge in [0.1, 0.15) is 17.5 Å². The minimum Gasteiger partial charge on any atom is -0.494 e. The first-order valence-electron chi connectivity index (χ1n) is 9.46. The smallest absolute Gasteiger partial charge is 0.292 e. The van der Waals surface area contributed by atoms with Crippen LogP contribution in [0.4, 0.5) is 11.4 Å². The number of carbonyl (C=O) groups excluding carboxylic acids is 2. The number of aliphatic imine (C=N–C) groups is 1. The molecule has 4 rings (SSSR count). The molecular formula is C20H20N8O3. The summed E-state index contributed by atoms with van der Waals surface area (Å²) < 4.78 is 6.88. The van der Waals surface area contributed by atoms with E-state index in [4.69, 9.17) is 4.74 Å². The lowest BCUT2D eigenvalue weighted by Gasteiger charge is -2.30. The molecule has 0 fully saturated rings. The van der Waals surface area contributed by atoms with Crippen molar-refractivity contribution in [2.45, 2.75) is 19.9 Å². The zero-order chi connectivity index (χ0) is 22.0. The number of benzene rings is 2. The summed E-state index contributed by atoms with van der Waals surface area (Å²) in [5.74, 6) is 0.363. The van der Waals surface area contributed by atoms with Gasteiger partial charge in [0.25, 0.3) is 11.8 Å². The quantitative estimate of drug-likeness (QED) is 0.636. The number of hydrazine groups is 1. The summed E-state index contributed by atoms with van der Waals surface area (Å²) in [7, 11) is 1.54. The van der Waals surface area contributed by atoms with Crippen molar-refractivity contribution >= 4 is 29.0 Å². The summed E-state index contributed by atoms with van der Waals surface area (Å²) in [6.45, 7) is 3.39. The van der Waals surface area contributed by atoms with Crippen LogP contribution in [0.5, 0.6) is 5.75 Å². The number of methoxy groups -OCH3 is 1. The molecule has 0 saturated heterocycles. The Labute approximate surface area is 177 Å². The van der Waals surface area contributed by atoms with Crippen LogP contribution < -0.4 is 20.5 Å². The van der Waals surface area contributed by atoms with E-state index in [9.17, 15) is 9.59 Å². The molecule has 1 aliphatic rings. The maximum absolute atomic E-state index is 12.9. The molecular weight excluding hydrogens is 400 g/mol. The lowest BCUT2D eigenvalue weighted by Crippen LogP contribution is -2.57. The van der Waals surface area contributed by atoms with Gasteiger partial charge in [-0.1, -0.05) is 18.2 Å². The Morgan fingerprint density at radius 1 is 1.19 bits per heavy atom. The molecule has 2 N–H and O–H groups in total. The molecule has 11 heteroatoms. The van der Waals surface area contributed by atoms with Gasteiger partial charge in [0, 0.05) is 5.69 Å². The van der Waals surface area contributed by atoms with Crippen LogP contribution >= 0.6 is 0 Å². The highest BCUT2D eigenvalue weighted by molar-refractivity contribution is 6.43. The van der Waals surface area contributed by atoms with Gasteiger partial charge in [-0.2, -0.15) is 4.68 Å². The molecule has 1 aliphatic heterocycles. The molecule has 158 valence electrons. The second-order valence-corrected chi connectivity index (χ2v) is 6.75. The van der Waals surface area contributed by atoms with Gasteiger partial charge in [0.2, 0.25) is 5.84 Å². The Hall–Kier alpha value is -4.28. The molecule has 2 amide bonds. The van der Waals surface area contributed by atoms with Gasteiger partial charge in [-0.15, -0.1) is 5.10 Å². The summed E-state index contributed by atoms with van der Waals surface area (Å²) >= 11 is 0. The first-order chi connectivity index (χ1) is 15.0. The number of ether oxygens (including phenoxy) is 1. The average molecular weight is 420 g/mol. The number of anilines is 2. The van der Waals surface area contributed by atoms with Crippen LogP contribution in [0.2, 0.25) is 0 Å². The van der Waals surface area contributed by atoms with E-state index >= 15 is 0 Å². The molecule has 3 aromatic rings. The monoisotopic (exact) mass is 420 g/mol. The standard InChI is InChI=1S/C20H20N8O3/c1-12-20(30)28(15-7-5-4-6-8-15)24-18(21-12)19(29)22-14-9-10-17(31-3)16(11-14)27-13(2)23-25-26-27/h4-12H,1-3H3,(H,21,24)(H,22,29). The third kappa shape index (κ3) is 3.92. The fraction of sp³-hybridized carbons (Fsp3) is 0.200. The van der Waals surface area contributed by atoms with Crippen LogP contribution in [0, 0.1) is 6.92 Å². The number of amides is 2. The minimum absolute atomic E-state index is 0.0203. The summed E-state index contributed by atoms with van der Waals surface area (Å²) in [5, 5.41) is 15.6. The van der Waals surface area contributed by atoms with Crippen LogP contribution in [0.25, 0.3) is 5.69 Å². The number of aryl methyl sites for hydroxylation is 1. The van der Waals surface area contributed by atoms with Crippen LogP contribution in [-0.4, -0.2) is 51.0 Å². The summed E-state index contributed by atoms with van der Waals surface area (Å²) in [4.78, 5) is 29.6. The number of hydrogen-bond donors (Lipinski definition) is 2. The molecule has 0 bridgehead atoms. The first kappa shape index (κ1) is 20.0. The number of para-hydroxylation sites is 1. The molecule has 1 aromatic heterocycles. The van der Waals surface area contributed by atoms with Gasteiger partial charge in [0.05, 0.1) is 12.8 Å². The van der Waals surface area contributed by atoms with E-state index < -0.39 is 11.9 Å². The molecule has 2 aromatic carbocycles. The third-order valence-electron chi connectivity index (χ3n) is 4.64. The van der Waals surface area contributed by atoms with E-state index in [1.54, 1.807) is 56.3 Å². The molecule has 1 atom stereocenters. The number of carbonyl (C=O) groups is 2. The average Bonchev–Trinajstić information content (AvgIpc) is 3.21. The number of aromatic nitrogens is 4. The van der Waals surface area contributed by atoms with E-state index in [0.29, 0.717) is 28.6 Å². The zero-order valence-corrected chi connectivity index (χ0v) is 17.1. The normalized spacial score (nSPS) is 15.8. The molecule has 0 spiro atoms. The van der Waals surface area contributed by atoms with Crippen LogP contribution in [-0.2, 0) is 9.59 Å². The lowest BCUT2D eigenvalue weighted by molar-refractivity contribution is -0.120. The fourth-order valence-electron chi connectivity index (χ4n) is 3.08. The highest BCUT2D eigenvalue weighted by Gasteiger charge is 2.30. The Balaban J connectivity index is 1.59. The van der Waals surface area contributed by atoms with Crippen molar-refractivity contribution in [3.8, 4) is 11.4 Å².